The smallest absolute Gasteiger partial charge is 0.169 e. The molecule has 0 atom stereocenters. The van der Waals surface area contributed by atoms with Crippen molar-refractivity contribution in [1.29, 1.82) is 0 Å². The number of benzene rings is 3. The first-order valence-electron chi connectivity index (χ1n) is 9.12. The van der Waals surface area contributed by atoms with Crippen LogP contribution in [-0.4, -0.2) is 28.3 Å². The second-order valence-electron chi connectivity index (χ2n) is 6.85. The highest BCUT2D eigenvalue weighted by Gasteiger charge is 2.18. The summed E-state index contributed by atoms with van der Waals surface area (Å²) in [6.07, 6.45) is 3.40. The molecule has 3 aromatic carbocycles. The lowest BCUT2D eigenvalue weighted by molar-refractivity contribution is 0.357. The van der Waals surface area contributed by atoms with Crippen molar-refractivity contribution < 1.29 is 13.9 Å². The molecule has 0 unspecified atom stereocenters. The molecule has 0 aliphatic carbocycles. The molecule has 1 aromatic heterocycles. The van der Waals surface area contributed by atoms with Gasteiger partial charge in [0.2, 0.25) is 0 Å². The SMILES string of the molecule is COc1cc2cc(-c3ccccc3N(C)C)ccc2c(-c2ccoc2)c1OC. The van der Waals surface area contributed by atoms with E-state index in [1.165, 1.54) is 11.3 Å². The molecule has 0 N–H and O–H groups in total. The Balaban J connectivity index is 1.99. The van der Waals surface area contributed by atoms with E-state index >= 15 is 0 Å². The van der Waals surface area contributed by atoms with Gasteiger partial charge in [-0.15, -0.1) is 0 Å². The van der Waals surface area contributed by atoms with E-state index in [1.807, 2.05) is 12.1 Å². The Labute approximate surface area is 164 Å². The molecule has 0 radical (unpaired) electrons. The third-order valence-corrected chi connectivity index (χ3v) is 4.99. The lowest BCUT2D eigenvalue weighted by Crippen LogP contribution is -2.09. The second-order valence-corrected chi connectivity index (χ2v) is 6.85. The molecule has 0 bridgehead atoms. The molecule has 0 amide bonds. The van der Waals surface area contributed by atoms with Gasteiger partial charge >= 0.3 is 0 Å². The van der Waals surface area contributed by atoms with Gasteiger partial charge in [-0.25, -0.2) is 0 Å². The summed E-state index contributed by atoms with van der Waals surface area (Å²) in [5.41, 5.74) is 5.45. The average Bonchev–Trinajstić information content (AvgIpc) is 3.26. The monoisotopic (exact) mass is 373 g/mol. The molecule has 0 spiro atoms. The van der Waals surface area contributed by atoms with Gasteiger partial charge in [-0.3, -0.25) is 0 Å². The van der Waals surface area contributed by atoms with Crippen LogP contribution in [0, 0.1) is 0 Å². The average molecular weight is 373 g/mol. The zero-order valence-corrected chi connectivity index (χ0v) is 16.5. The normalized spacial score (nSPS) is 10.9. The number of nitrogens with zero attached hydrogens (tertiary/aromatic N) is 1. The molecule has 4 heteroatoms. The number of anilines is 1. The second kappa shape index (κ2) is 7.31. The Morgan fingerprint density at radius 1 is 0.857 bits per heavy atom. The summed E-state index contributed by atoms with van der Waals surface area (Å²) in [4.78, 5) is 2.13. The van der Waals surface area contributed by atoms with Crippen LogP contribution in [0.25, 0.3) is 33.0 Å². The molecule has 0 saturated heterocycles. The van der Waals surface area contributed by atoms with Crippen LogP contribution in [0.15, 0.2) is 71.5 Å². The van der Waals surface area contributed by atoms with Crippen LogP contribution in [0.1, 0.15) is 0 Å². The minimum absolute atomic E-state index is 0.698. The van der Waals surface area contributed by atoms with Gasteiger partial charge in [-0.2, -0.15) is 0 Å². The van der Waals surface area contributed by atoms with Crippen molar-refractivity contribution in [3.8, 4) is 33.8 Å². The Morgan fingerprint density at radius 2 is 1.68 bits per heavy atom. The number of rotatable bonds is 5. The highest BCUT2D eigenvalue weighted by atomic mass is 16.5. The molecule has 4 nitrogen and oxygen atoms in total. The van der Waals surface area contributed by atoms with Gasteiger partial charge in [0.1, 0.15) is 0 Å². The quantitative estimate of drug-likeness (QED) is 0.439. The number of methoxy groups -OCH3 is 2. The molecule has 142 valence electrons. The van der Waals surface area contributed by atoms with E-state index in [4.69, 9.17) is 13.9 Å². The first-order chi connectivity index (χ1) is 13.6. The summed E-state index contributed by atoms with van der Waals surface area (Å²) < 4.78 is 16.6. The minimum atomic E-state index is 0.698. The zero-order chi connectivity index (χ0) is 19.7. The Morgan fingerprint density at radius 3 is 2.36 bits per heavy atom. The molecular formula is C24H23NO3. The molecule has 4 aromatic rings. The highest BCUT2D eigenvalue weighted by molar-refractivity contribution is 6.03. The van der Waals surface area contributed by atoms with Gasteiger partial charge in [0.25, 0.3) is 0 Å². The van der Waals surface area contributed by atoms with Crippen LogP contribution in [0.3, 0.4) is 0 Å². The Hall–Kier alpha value is -3.40. The van der Waals surface area contributed by atoms with E-state index in [0.29, 0.717) is 11.5 Å². The van der Waals surface area contributed by atoms with Crippen molar-refractivity contribution in [3.05, 3.63) is 67.1 Å². The Kier molecular flexibility index (Phi) is 4.70. The van der Waals surface area contributed by atoms with Crippen molar-refractivity contribution in [2.24, 2.45) is 0 Å². The first-order valence-corrected chi connectivity index (χ1v) is 9.12. The van der Waals surface area contributed by atoms with Gasteiger partial charge in [-0.05, 0) is 40.6 Å². The molecule has 1 heterocycles. The molecule has 0 fully saturated rings. The third-order valence-electron chi connectivity index (χ3n) is 4.99. The van der Waals surface area contributed by atoms with Crippen molar-refractivity contribution in [2.45, 2.75) is 0 Å². The fourth-order valence-electron chi connectivity index (χ4n) is 3.68. The fourth-order valence-corrected chi connectivity index (χ4v) is 3.68. The topological polar surface area (TPSA) is 34.8 Å². The molecule has 28 heavy (non-hydrogen) atoms. The van der Waals surface area contributed by atoms with Crippen LogP contribution in [-0.2, 0) is 0 Å². The van der Waals surface area contributed by atoms with Crippen LogP contribution < -0.4 is 14.4 Å². The summed E-state index contributed by atoms with van der Waals surface area (Å²) >= 11 is 0. The summed E-state index contributed by atoms with van der Waals surface area (Å²) in [5.74, 6) is 1.40. The number of ether oxygens (including phenoxy) is 2. The van der Waals surface area contributed by atoms with E-state index in [2.05, 4.69) is 61.5 Å². The molecule has 4 rings (SSSR count). The van der Waals surface area contributed by atoms with Crippen molar-refractivity contribution in [1.82, 2.24) is 0 Å². The lowest BCUT2D eigenvalue weighted by Gasteiger charge is -2.19. The first kappa shape index (κ1) is 18.0. The summed E-state index contributed by atoms with van der Waals surface area (Å²) in [7, 11) is 7.44. The van der Waals surface area contributed by atoms with Crippen LogP contribution in [0.4, 0.5) is 5.69 Å². The maximum absolute atomic E-state index is 5.69. The predicted molar refractivity (Wildman–Crippen MR) is 115 cm³/mol. The van der Waals surface area contributed by atoms with Gasteiger partial charge < -0.3 is 18.8 Å². The number of para-hydroxylation sites is 1. The largest absolute Gasteiger partial charge is 0.493 e. The third kappa shape index (κ3) is 2.97. The molecule has 0 aliphatic heterocycles. The number of fused-ring (bicyclic) bond motifs is 1. The predicted octanol–water partition coefficient (Wildman–Crippen LogP) is 5.85. The maximum Gasteiger partial charge on any atom is 0.169 e. The Bertz CT molecular complexity index is 1110. The zero-order valence-electron chi connectivity index (χ0n) is 16.5. The van der Waals surface area contributed by atoms with E-state index in [1.54, 1.807) is 26.7 Å². The van der Waals surface area contributed by atoms with Gasteiger partial charge in [-0.1, -0.05) is 30.3 Å². The van der Waals surface area contributed by atoms with E-state index < -0.39 is 0 Å². The van der Waals surface area contributed by atoms with E-state index in [9.17, 15) is 0 Å². The molecular weight excluding hydrogens is 350 g/mol. The lowest BCUT2D eigenvalue weighted by atomic mass is 9.94. The standard InChI is InChI=1S/C24H23NO3/c1-25(2)21-8-6-5-7-19(21)16-9-10-20-18(13-16)14-22(26-3)24(27-4)23(20)17-11-12-28-15-17/h5-15H,1-4H3. The van der Waals surface area contributed by atoms with Gasteiger partial charge in [0.15, 0.2) is 11.5 Å². The summed E-state index contributed by atoms with van der Waals surface area (Å²) in [6.45, 7) is 0. The molecule has 0 saturated carbocycles. The number of hydrogen-bond donors (Lipinski definition) is 0. The maximum atomic E-state index is 5.69. The number of hydrogen-bond acceptors (Lipinski definition) is 4. The van der Waals surface area contributed by atoms with E-state index in [0.717, 1.165) is 27.5 Å². The van der Waals surface area contributed by atoms with Gasteiger partial charge in [0, 0.05) is 36.5 Å². The van der Waals surface area contributed by atoms with Crippen LogP contribution in [0.2, 0.25) is 0 Å². The van der Waals surface area contributed by atoms with Crippen LogP contribution >= 0.6 is 0 Å². The highest BCUT2D eigenvalue weighted by Crippen LogP contribution is 2.45. The van der Waals surface area contributed by atoms with E-state index in [-0.39, 0.29) is 0 Å². The fraction of sp³-hybridized carbons (Fsp3) is 0.167. The van der Waals surface area contributed by atoms with Crippen molar-refractivity contribution in [3.63, 3.8) is 0 Å². The molecule has 0 aliphatic rings. The van der Waals surface area contributed by atoms with Gasteiger partial charge in [0.05, 0.1) is 26.7 Å². The number of furan rings is 1. The van der Waals surface area contributed by atoms with Crippen molar-refractivity contribution in [2.75, 3.05) is 33.2 Å². The van der Waals surface area contributed by atoms with Crippen molar-refractivity contribution >= 4 is 16.5 Å². The van der Waals surface area contributed by atoms with Crippen LogP contribution in [0.5, 0.6) is 11.5 Å². The summed E-state index contributed by atoms with van der Waals surface area (Å²) in [5, 5.41) is 2.17. The minimum Gasteiger partial charge on any atom is -0.493 e. The summed E-state index contributed by atoms with van der Waals surface area (Å²) in [6, 6.07) is 18.9.